The molecule has 0 saturated carbocycles. The largest absolute Gasteiger partial charge is 0.462 e. The van der Waals surface area contributed by atoms with Crippen LogP contribution in [-0.2, 0) is 4.79 Å². The molecule has 0 unspecified atom stereocenters. The van der Waals surface area contributed by atoms with Crippen molar-refractivity contribution in [2.75, 3.05) is 31.5 Å². The van der Waals surface area contributed by atoms with Crippen molar-refractivity contribution in [1.29, 1.82) is 0 Å². The van der Waals surface area contributed by atoms with E-state index in [2.05, 4.69) is 5.32 Å². The quantitative estimate of drug-likeness (QED) is 0.811. The van der Waals surface area contributed by atoms with Crippen LogP contribution in [0.3, 0.4) is 0 Å². The molecular formula is C20H22ClN3O3. The number of nitrogens with one attached hydrogen (secondary N) is 1. The fraction of sp³-hybridized carbons (Fsp3) is 0.300. The van der Waals surface area contributed by atoms with E-state index >= 15 is 0 Å². The van der Waals surface area contributed by atoms with Crippen molar-refractivity contribution in [2.24, 2.45) is 0 Å². The van der Waals surface area contributed by atoms with Crippen LogP contribution in [0.2, 0.25) is 5.02 Å². The number of hydrogen-bond acceptors (Lipinski definition) is 3. The van der Waals surface area contributed by atoms with Gasteiger partial charge in [0.1, 0.15) is 11.5 Å². The summed E-state index contributed by atoms with van der Waals surface area (Å²) in [5, 5.41) is 3.46. The number of piperazine rings is 1. The zero-order valence-electron chi connectivity index (χ0n) is 15.4. The molecule has 0 aliphatic carbocycles. The second-order valence-electron chi connectivity index (χ2n) is 6.49. The summed E-state index contributed by atoms with van der Waals surface area (Å²) in [5.74, 6) is 1.36. The molecule has 27 heavy (non-hydrogen) atoms. The molecule has 1 fully saturated rings. The number of rotatable bonds is 3. The van der Waals surface area contributed by atoms with Crippen LogP contribution in [0, 0.1) is 13.8 Å². The molecule has 0 spiro atoms. The molecular weight excluding hydrogens is 366 g/mol. The van der Waals surface area contributed by atoms with Gasteiger partial charge in [0, 0.05) is 43.0 Å². The van der Waals surface area contributed by atoms with Crippen LogP contribution in [0.4, 0.5) is 10.5 Å². The van der Waals surface area contributed by atoms with E-state index in [4.69, 9.17) is 16.0 Å². The number of benzene rings is 1. The minimum Gasteiger partial charge on any atom is -0.462 e. The normalized spacial score (nSPS) is 14.6. The average molecular weight is 388 g/mol. The summed E-state index contributed by atoms with van der Waals surface area (Å²) >= 11 is 6.09. The summed E-state index contributed by atoms with van der Waals surface area (Å²) in [6, 6.07) is 8.89. The summed E-state index contributed by atoms with van der Waals surface area (Å²) in [4.78, 5) is 28.1. The Morgan fingerprint density at radius 1 is 1.07 bits per heavy atom. The highest BCUT2D eigenvalue weighted by molar-refractivity contribution is 6.31. The number of anilines is 1. The molecule has 1 aliphatic heterocycles. The molecule has 1 aromatic carbocycles. The Kier molecular flexibility index (Phi) is 5.86. The molecule has 2 aromatic rings. The van der Waals surface area contributed by atoms with Gasteiger partial charge in [-0.2, -0.15) is 0 Å². The zero-order valence-corrected chi connectivity index (χ0v) is 16.1. The molecule has 0 atom stereocenters. The van der Waals surface area contributed by atoms with E-state index in [9.17, 15) is 9.59 Å². The van der Waals surface area contributed by atoms with Gasteiger partial charge in [-0.1, -0.05) is 17.7 Å². The van der Waals surface area contributed by atoms with Crippen molar-refractivity contribution in [1.82, 2.24) is 9.80 Å². The fourth-order valence-electron chi connectivity index (χ4n) is 2.80. The predicted molar refractivity (Wildman–Crippen MR) is 106 cm³/mol. The van der Waals surface area contributed by atoms with Gasteiger partial charge in [-0.3, -0.25) is 4.79 Å². The molecule has 1 aromatic heterocycles. The number of hydrogen-bond donors (Lipinski definition) is 1. The second kappa shape index (κ2) is 8.31. The van der Waals surface area contributed by atoms with Gasteiger partial charge in [-0.05, 0) is 49.8 Å². The summed E-state index contributed by atoms with van der Waals surface area (Å²) in [5.41, 5.74) is 1.62. The molecule has 1 aliphatic rings. The SMILES string of the molecule is Cc1ccc(/C=C/C(=O)N2CCN(C(=O)Nc3ccc(C)c(Cl)c3)CC2)o1. The van der Waals surface area contributed by atoms with Crippen molar-refractivity contribution >= 4 is 35.3 Å². The fourth-order valence-corrected chi connectivity index (χ4v) is 2.99. The van der Waals surface area contributed by atoms with Crippen molar-refractivity contribution in [2.45, 2.75) is 13.8 Å². The highest BCUT2D eigenvalue weighted by atomic mass is 35.5. The summed E-state index contributed by atoms with van der Waals surface area (Å²) in [6.45, 7) is 5.69. The van der Waals surface area contributed by atoms with E-state index in [1.165, 1.54) is 6.08 Å². The van der Waals surface area contributed by atoms with Crippen LogP contribution in [0.1, 0.15) is 17.1 Å². The molecule has 142 valence electrons. The lowest BCUT2D eigenvalue weighted by molar-refractivity contribution is -0.127. The molecule has 0 bridgehead atoms. The van der Waals surface area contributed by atoms with E-state index in [0.717, 1.165) is 11.3 Å². The number of carbonyl (C=O) groups excluding carboxylic acids is 2. The molecule has 0 radical (unpaired) electrons. The predicted octanol–water partition coefficient (Wildman–Crippen LogP) is 3.94. The number of carbonyl (C=O) groups is 2. The Hall–Kier alpha value is -2.73. The second-order valence-corrected chi connectivity index (χ2v) is 6.90. The minimum absolute atomic E-state index is 0.0885. The molecule has 3 rings (SSSR count). The molecule has 1 N–H and O–H groups in total. The highest BCUT2D eigenvalue weighted by Gasteiger charge is 2.23. The van der Waals surface area contributed by atoms with Gasteiger partial charge in [0.25, 0.3) is 0 Å². The third-order valence-electron chi connectivity index (χ3n) is 4.45. The van der Waals surface area contributed by atoms with Gasteiger partial charge in [0.2, 0.25) is 5.91 Å². The average Bonchev–Trinajstić information content (AvgIpc) is 3.08. The summed E-state index contributed by atoms with van der Waals surface area (Å²) in [6.07, 6.45) is 3.16. The lowest BCUT2D eigenvalue weighted by atomic mass is 10.2. The van der Waals surface area contributed by atoms with Crippen LogP contribution in [-0.4, -0.2) is 47.9 Å². The molecule has 7 heteroatoms. The van der Waals surface area contributed by atoms with E-state index in [0.29, 0.717) is 42.6 Å². The van der Waals surface area contributed by atoms with Crippen LogP contribution in [0.5, 0.6) is 0 Å². The first kappa shape index (κ1) is 19.0. The molecule has 2 heterocycles. The first-order chi connectivity index (χ1) is 12.9. The van der Waals surface area contributed by atoms with Crippen LogP contribution >= 0.6 is 11.6 Å². The maximum Gasteiger partial charge on any atom is 0.321 e. The number of urea groups is 1. The van der Waals surface area contributed by atoms with Gasteiger partial charge >= 0.3 is 6.03 Å². The van der Waals surface area contributed by atoms with Crippen LogP contribution < -0.4 is 5.32 Å². The first-order valence-corrected chi connectivity index (χ1v) is 9.15. The smallest absolute Gasteiger partial charge is 0.321 e. The van der Waals surface area contributed by atoms with Gasteiger partial charge in [-0.25, -0.2) is 4.79 Å². The Bertz CT molecular complexity index is 867. The van der Waals surface area contributed by atoms with Gasteiger partial charge in [0.15, 0.2) is 0 Å². The Morgan fingerprint density at radius 3 is 2.41 bits per heavy atom. The first-order valence-electron chi connectivity index (χ1n) is 8.78. The van der Waals surface area contributed by atoms with E-state index < -0.39 is 0 Å². The van der Waals surface area contributed by atoms with E-state index in [1.807, 2.05) is 38.1 Å². The van der Waals surface area contributed by atoms with Gasteiger partial charge in [0.05, 0.1) is 0 Å². The van der Waals surface area contributed by atoms with Crippen LogP contribution in [0.15, 0.2) is 40.8 Å². The molecule has 1 saturated heterocycles. The maximum absolute atomic E-state index is 12.4. The third-order valence-corrected chi connectivity index (χ3v) is 4.86. The Balaban J connectivity index is 1.50. The molecule has 3 amide bonds. The third kappa shape index (κ3) is 4.92. The van der Waals surface area contributed by atoms with Crippen molar-refractivity contribution < 1.29 is 14.0 Å². The monoisotopic (exact) mass is 387 g/mol. The topological polar surface area (TPSA) is 65.8 Å². The highest BCUT2D eigenvalue weighted by Crippen LogP contribution is 2.20. The maximum atomic E-state index is 12.4. The lowest BCUT2D eigenvalue weighted by Gasteiger charge is -2.34. The standard InChI is InChI=1S/C20H22ClN3O3/c1-14-3-5-16(13-18(14)21)22-20(26)24-11-9-23(10-12-24)19(25)8-7-17-6-4-15(2)27-17/h3-8,13H,9-12H2,1-2H3,(H,22,26)/b8-7+. The Labute approximate surface area is 163 Å². The number of nitrogens with zero attached hydrogens (tertiary/aromatic N) is 2. The molecule has 6 nitrogen and oxygen atoms in total. The number of aryl methyl sites for hydroxylation is 2. The van der Waals surface area contributed by atoms with Crippen molar-refractivity contribution in [3.05, 3.63) is 58.5 Å². The zero-order chi connectivity index (χ0) is 19.4. The summed E-state index contributed by atoms with van der Waals surface area (Å²) < 4.78 is 5.41. The number of amides is 3. The van der Waals surface area contributed by atoms with Crippen LogP contribution in [0.25, 0.3) is 6.08 Å². The summed E-state index contributed by atoms with van der Waals surface area (Å²) in [7, 11) is 0. The Morgan fingerprint density at radius 2 is 1.78 bits per heavy atom. The number of furan rings is 1. The van der Waals surface area contributed by atoms with E-state index in [1.54, 1.807) is 21.9 Å². The lowest BCUT2D eigenvalue weighted by Crippen LogP contribution is -2.51. The minimum atomic E-state index is -0.191. The van der Waals surface area contributed by atoms with Crippen molar-refractivity contribution in [3.8, 4) is 0 Å². The van der Waals surface area contributed by atoms with Crippen molar-refractivity contribution in [3.63, 3.8) is 0 Å². The van der Waals surface area contributed by atoms with E-state index in [-0.39, 0.29) is 11.9 Å². The number of halogens is 1. The van der Waals surface area contributed by atoms with Gasteiger partial charge < -0.3 is 19.5 Å². The van der Waals surface area contributed by atoms with Gasteiger partial charge in [-0.15, -0.1) is 0 Å².